The van der Waals surface area contributed by atoms with Gasteiger partial charge in [0.25, 0.3) is 5.69 Å². The van der Waals surface area contributed by atoms with Gasteiger partial charge in [-0.25, -0.2) is 26.0 Å². The molecule has 0 amide bonds. The molecule has 18 heteroatoms. The van der Waals surface area contributed by atoms with Crippen molar-refractivity contribution >= 4 is 25.7 Å². The number of alkyl halides is 6. The largest absolute Gasteiger partial charge is 0.480 e. The van der Waals surface area contributed by atoms with Gasteiger partial charge in [0.2, 0.25) is 6.33 Å². The van der Waals surface area contributed by atoms with E-state index in [1.54, 1.807) is 12.1 Å². The average Bonchev–Trinajstić information content (AvgIpc) is 3.21. The standard InChI is InChI=1S/C16H22N3O2.C2F6NO4S2/c1-2-3-4-5-6-11-17-12-13-18(14-17)15-7-9-16(10-8-15)19(20)21;3-1(4,5)14(10,11)9-15(12,13)2(6,7)8/h7-10,12-14H,2-6,11H2,1H3;/q+1;-1. The first-order valence-corrected chi connectivity index (χ1v) is 13.0. The number of nitro benzene ring substituents is 1. The Balaban J connectivity index is 0.000000384. The summed E-state index contributed by atoms with van der Waals surface area (Å²) in [6, 6.07) is 6.60. The molecule has 0 aliphatic carbocycles. The van der Waals surface area contributed by atoms with Gasteiger partial charge in [-0.3, -0.25) is 10.1 Å². The molecule has 0 spiro atoms. The molecule has 10 nitrogen and oxygen atoms in total. The maximum absolute atomic E-state index is 11.4. The summed E-state index contributed by atoms with van der Waals surface area (Å²) >= 11 is 0. The first kappa shape index (κ1) is 31.3. The third-order valence-corrected chi connectivity index (χ3v) is 7.09. The summed E-state index contributed by atoms with van der Waals surface area (Å²) in [5.74, 6) is 0. The minimum atomic E-state index is -6.72. The van der Waals surface area contributed by atoms with E-state index in [2.05, 4.69) is 11.5 Å². The minimum absolute atomic E-state index is 0.120. The van der Waals surface area contributed by atoms with Crippen molar-refractivity contribution in [2.24, 2.45) is 0 Å². The number of hydrogen-bond acceptors (Lipinski definition) is 6. The van der Waals surface area contributed by atoms with Crippen molar-refractivity contribution in [3.63, 3.8) is 0 Å². The van der Waals surface area contributed by atoms with Gasteiger partial charge in [0.15, 0.2) is 20.0 Å². The number of non-ortho nitro benzene ring substituents is 1. The molecule has 1 aromatic carbocycles. The first-order chi connectivity index (χ1) is 16.4. The van der Waals surface area contributed by atoms with E-state index in [0.717, 1.165) is 16.4 Å². The SMILES string of the molecule is CCCCCCC[n+]1ccn(-c2ccc([N+](=O)[O-])cc2)c1.O=S(=O)([N-]S(=O)(=O)C(F)(F)F)C(F)(F)F. The smallest absolute Gasteiger partial charge is 0.421 e. The maximum atomic E-state index is 11.4. The number of benzene rings is 1. The second-order valence-electron chi connectivity index (χ2n) is 7.16. The molecule has 1 heterocycles. The average molecular weight is 569 g/mol. The third-order valence-electron chi connectivity index (χ3n) is 4.35. The van der Waals surface area contributed by atoms with Gasteiger partial charge in [0, 0.05) is 12.1 Å². The van der Waals surface area contributed by atoms with Gasteiger partial charge >= 0.3 is 11.0 Å². The van der Waals surface area contributed by atoms with Crippen LogP contribution in [0.3, 0.4) is 0 Å². The Morgan fingerprint density at radius 3 is 1.86 bits per heavy atom. The fourth-order valence-corrected chi connectivity index (χ4v) is 4.25. The highest BCUT2D eigenvalue weighted by atomic mass is 32.3. The van der Waals surface area contributed by atoms with Crippen molar-refractivity contribution in [2.75, 3.05) is 0 Å². The molecule has 1 aromatic heterocycles. The monoisotopic (exact) mass is 568 g/mol. The van der Waals surface area contributed by atoms with Crippen molar-refractivity contribution in [1.82, 2.24) is 4.57 Å². The Morgan fingerprint density at radius 1 is 0.917 bits per heavy atom. The lowest BCUT2D eigenvalue weighted by Crippen LogP contribution is -2.30. The summed E-state index contributed by atoms with van der Waals surface area (Å²) in [7, 11) is -13.4. The van der Waals surface area contributed by atoms with Gasteiger partial charge in [0.1, 0.15) is 18.1 Å². The van der Waals surface area contributed by atoms with Gasteiger partial charge in [-0.15, -0.1) is 0 Å². The molecule has 0 aliphatic heterocycles. The Morgan fingerprint density at radius 2 is 1.42 bits per heavy atom. The van der Waals surface area contributed by atoms with E-state index in [1.807, 2.05) is 23.3 Å². The van der Waals surface area contributed by atoms with E-state index in [4.69, 9.17) is 0 Å². The zero-order valence-corrected chi connectivity index (χ0v) is 20.2. The number of nitrogens with zero attached hydrogens (tertiary/aromatic N) is 4. The molecule has 2 rings (SSSR count). The van der Waals surface area contributed by atoms with Crippen molar-refractivity contribution < 1.29 is 52.7 Å². The van der Waals surface area contributed by atoms with Crippen LogP contribution in [0.4, 0.5) is 32.0 Å². The lowest BCUT2D eigenvalue weighted by molar-refractivity contribution is -0.696. The van der Waals surface area contributed by atoms with Crippen LogP contribution in [0.1, 0.15) is 39.0 Å². The van der Waals surface area contributed by atoms with E-state index in [9.17, 15) is 53.3 Å². The second-order valence-corrected chi connectivity index (χ2v) is 10.6. The molecule has 0 fully saturated rings. The van der Waals surface area contributed by atoms with E-state index >= 15 is 0 Å². The van der Waals surface area contributed by atoms with Crippen molar-refractivity contribution in [1.29, 1.82) is 0 Å². The maximum Gasteiger partial charge on any atom is 0.480 e. The van der Waals surface area contributed by atoms with Gasteiger partial charge < -0.3 is 4.13 Å². The highest BCUT2D eigenvalue weighted by molar-refractivity contribution is 8.13. The number of nitro groups is 1. The zero-order valence-electron chi connectivity index (χ0n) is 18.6. The van der Waals surface area contributed by atoms with E-state index in [0.29, 0.717) is 0 Å². The normalized spacial score (nSPS) is 12.6. The van der Waals surface area contributed by atoms with Crippen LogP contribution in [0, 0.1) is 10.1 Å². The molecule has 0 radical (unpaired) electrons. The van der Waals surface area contributed by atoms with Crippen LogP contribution in [0.2, 0.25) is 0 Å². The Bertz CT molecular complexity index is 1170. The van der Waals surface area contributed by atoms with Crippen molar-refractivity contribution in [3.05, 3.63) is 57.2 Å². The summed E-state index contributed by atoms with van der Waals surface area (Å²) in [5.41, 5.74) is -11.4. The van der Waals surface area contributed by atoms with E-state index in [-0.39, 0.29) is 10.6 Å². The van der Waals surface area contributed by atoms with Crippen LogP contribution >= 0.6 is 0 Å². The molecule has 2 aromatic rings. The topological polar surface area (TPSA) is 134 Å². The number of sulfonamides is 2. The van der Waals surface area contributed by atoms with Gasteiger partial charge in [0.05, 0.1) is 11.5 Å². The predicted molar refractivity (Wildman–Crippen MR) is 115 cm³/mol. The van der Waals surface area contributed by atoms with Crippen molar-refractivity contribution in [3.8, 4) is 5.69 Å². The van der Waals surface area contributed by atoms with Crippen LogP contribution in [0.15, 0.2) is 43.0 Å². The molecule has 0 saturated heterocycles. The molecule has 0 aliphatic rings. The summed E-state index contributed by atoms with van der Waals surface area (Å²) in [6.45, 7) is 3.24. The Hall–Kier alpha value is -2.73. The molecule has 0 atom stereocenters. The Kier molecular flexibility index (Phi) is 10.9. The molecule has 0 unspecified atom stereocenters. The molecule has 0 N–H and O–H groups in total. The second kappa shape index (κ2) is 12.5. The minimum Gasteiger partial charge on any atom is -0.421 e. The molecule has 0 saturated carbocycles. The number of halogens is 6. The van der Waals surface area contributed by atoms with Crippen LogP contribution in [0.5, 0.6) is 0 Å². The fraction of sp³-hybridized carbons (Fsp3) is 0.500. The predicted octanol–water partition coefficient (Wildman–Crippen LogP) is 4.70. The lowest BCUT2D eigenvalue weighted by atomic mass is 10.1. The van der Waals surface area contributed by atoms with Crippen LogP contribution < -0.4 is 4.57 Å². The molecular weight excluding hydrogens is 546 g/mol. The number of hydrogen-bond donors (Lipinski definition) is 0. The summed E-state index contributed by atoms with van der Waals surface area (Å²) in [5, 5.41) is 10.6. The number of aromatic nitrogens is 2. The van der Waals surface area contributed by atoms with E-state index in [1.165, 1.54) is 44.2 Å². The lowest BCUT2D eigenvalue weighted by Gasteiger charge is -2.22. The summed E-state index contributed by atoms with van der Waals surface area (Å²) in [4.78, 5) is 10.3. The fourth-order valence-electron chi connectivity index (χ4n) is 2.54. The number of aryl methyl sites for hydroxylation is 1. The molecule has 0 bridgehead atoms. The van der Waals surface area contributed by atoms with Crippen LogP contribution in [-0.2, 0) is 26.6 Å². The van der Waals surface area contributed by atoms with E-state index < -0.39 is 31.1 Å². The number of unbranched alkanes of at least 4 members (excludes halogenated alkanes) is 4. The molecule has 204 valence electrons. The van der Waals surface area contributed by atoms with Gasteiger partial charge in [-0.05, 0) is 25.0 Å². The zero-order chi connectivity index (χ0) is 27.8. The quantitative estimate of drug-likeness (QED) is 0.134. The number of imidazole rings is 1. The van der Waals surface area contributed by atoms with Crippen LogP contribution in [0.25, 0.3) is 9.81 Å². The summed E-state index contributed by atoms with van der Waals surface area (Å²) < 4.78 is 113. The number of rotatable bonds is 10. The Labute approximate surface area is 202 Å². The third kappa shape index (κ3) is 9.38. The molecule has 36 heavy (non-hydrogen) atoms. The first-order valence-electron chi connectivity index (χ1n) is 10.1. The highest BCUT2D eigenvalue weighted by Crippen LogP contribution is 2.36. The van der Waals surface area contributed by atoms with Crippen LogP contribution in [-0.4, -0.2) is 37.3 Å². The van der Waals surface area contributed by atoms with Gasteiger partial charge in [-0.2, -0.15) is 26.3 Å². The molecular formula is C18H22F6N4O6S2. The summed E-state index contributed by atoms with van der Waals surface area (Å²) in [6.07, 6.45) is 12.4. The van der Waals surface area contributed by atoms with Gasteiger partial charge in [-0.1, -0.05) is 26.2 Å². The highest BCUT2D eigenvalue weighted by Gasteiger charge is 2.46. The van der Waals surface area contributed by atoms with Crippen molar-refractivity contribution in [2.45, 2.75) is 56.6 Å².